The molecule has 2 aromatic carbocycles. The average molecular weight is 498 g/mol. The monoisotopic (exact) mass is 498 g/mol. The van der Waals surface area contributed by atoms with Crippen LogP contribution in [0, 0.1) is 5.82 Å². The van der Waals surface area contributed by atoms with Gasteiger partial charge in [0, 0.05) is 11.3 Å². The lowest BCUT2D eigenvalue weighted by Crippen LogP contribution is -2.26. The first kappa shape index (κ1) is 22.6. The maximum Gasteiger partial charge on any atom is 0.266 e. The molecule has 37 heavy (non-hydrogen) atoms. The summed E-state index contributed by atoms with van der Waals surface area (Å²) in [6.45, 7) is -0.00190. The first-order valence-corrected chi connectivity index (χ1v) is 11.6. The number of pyridine rings is 1. The Kier molecular flexibility index (Phi) is 5.29. The maximum absolute atomic E-state index is 15.0. The summed E-state index contributed by atoms with van der Waals surface area (Å²) < 4.78 is 32.4. The molecule has 3 N–H and O–H groups in total. The lowest BCUT2D eigenvalue weighted by molar-refractivity contribution is 0.475. The lowest BCUT2D eigenvalue weighted by Gasteiger charge is -2.19. The minimum absolute atomic E-state index is 0.00190. The van der Waals surface area contributed by atoms with Crippen LogP contribution < -0.4 is 11.3 Å². The van der Waals surface area contributed by atoms with Gasteiger partial charge in [-0.25, -0.2) is 23.4 Å². The van der Waals surface area contributed by atoms with Gasteiger partial charge in [0.25, 0.3) is 5.56 Å². The van der Waals surface area contributed by atoms with Gasteiger partial charge in [0.2, 0.25) is 0 Å². The molecule has 0 amide bonds. The van der Waals surface area contributed by atoms with E-state index in [0.717, 1.165) is 0 Å². The average Bonchev–Trinajstić information content (AvgIpc) is 3.25. The van der Waals surface area contributed by atoms with Gasteiger partial charge in [0.15, 0.2) is 5.65 Å². The third-order valence-corrected chi connectivity index (χ3v) is 6.38. The van der Waals surface area contributed by atoms with Crippen LogP contribution >= 0.6 is 0 Å². The zero-order chi connectivity index (χ0) is 25.7. The molecule has 0 bridgehead atoms. The van der Waals surface area contributed by atoms with Crippen molar-refractivity contribution in [2.75, 3.05) is 5.73 Å². The summed E-state index contributed by atoms with van der Waals surface area (Å²) in [5.74, 6) is -0.994. The third-order valence-electron chi connectivity index (χ3n) is 6.38. The van der Waals surface area contributed by atoms with Crippen LogP contribution in [0.4, 0.5) is 14.6 Å². The highest BCUT2D eigenvalue weighted by molar-refractivity contribution is 5.98. The number of hydrogen-bond acceptors (Lipinski definition) is 6. The van der Waals surface area contributed by atoms with Gasteiger partial charge in [-0.05, 0) is 48.6 Å². The molecule has 10 heteroatoms. The summed E-state index contributed by atoms with van der Waals surface area (Å²) in [5, 5.41) is 15.4. The molecule has 0 saturated heterocycles. The van der Waals surface area contributed by atoms with Crippen molar-refractivity contribution in [1.82, 2.24) is 24.3 Å². The number of aromatic nitrogens is 5. The number of nitrogens with zero attached hydrogens (tertiary/aromatic N) is 5. The first-order chi connectivity index (χ1) is 17.9. The molecule has 0 unspecified atom stereocenters. The fourth-order valence-corrected chi connectivity index (χ4v) is 4.73. The molecule has 8 nitrogen and oxygen atoms in total. The van der Waals surface area contributed by atoms with Gasteiger partial charge < -0.3 is 10.8 Å². The van der Waals surface area contributed by atoms with Gasteiger partial charge in [0.1, 0.15) is 35.2 Å². The molecule has 5 aromatic rings. The number of allylic oxidation sites excluding steroid dienone is 4. The van der Waals surface area contributed by atoms with Crippen molar-refractivity contribution in [2.45, 2.75) is 19.4 Å². The molecule has 6 rings (SSSR count). The lowest BCUT2D eigenvalue weighted by atomic mass is 10.1. The number of anilines is 1. The summed E-state index contributed by atoms with van der Waals surface area (Å²) in [6, 6.07) is 12.5. The molecule has 0 aliphatic heterocycles. The van der Waals surface area contributed by atoms with Crippen LogP contribution in [-0.2, 0) is 6.54 Å². The predicted octanol–water partition coefficient (Wildman–Crippen LogP) is 4.77. The molecule has 0 fully saturated rings. The Morgan fingerprint density at radius 1 is 1.00 bits per heavy atom. The van der Waals surface area contributed by atoms with Gasteiger partial charge in [-0.2, -0.15) is 5.10 Å². The van der Waals surface area contributed by atoms with Crippen LogP contribution in [0.2, 0.25) is 0 Å². The van der Waals surface area contributed by atoms with Crippen LogP contribution in [0.15, 0.2) is 77.6 Å². The number of rotatable bonds is 4. The number of benzene rings is 2. The van der Waals surface area contributed by atoms with Crippen molar-refractivity contribution in [1.29, 1.82) is 0 Å². The molecule has 0 spiro atoms. The number of hydrogen-bond donors (Lipinski definition) is 2. The number of fused-ring (bicyclic) bond motifs is 2. The molecule has 3 heterocycles. The molecule has 1 aliphatic rings. The zero-order valence-corrected chi connectivity index (χ0v) is 19.4. The van der Waals surface area contributed by atoms with Crippen molar-refractivity contribution in [2.24, 2.45) is 0 Å². The second-order valence-corrected chi connectivity index (χ2v) is 8.71. The van der Waals surface area contributed by atoms with E-state index in [1.807, 2.05) is 0 Å². The zero-order valence-electron chi connectivity index (χ0n) is 19.4. The summed E-state index contributed by atoms with van der Waals surface area (Å²) >= 11 is 0. The smallest absolute Gasteiger partial charge is 0.266 e. The molecule has 0 saturated carbocycles. The topological polar surface area (TPSA) is 112 Å². The van der Waals surface area contributed by atoms with Gasteiger partial charge >= 0.3 is 0 Å². The summed E-state index contributed by atoms with van der Waals surface area (Å²) in [7, 11) is 0. The molecule has 3 aromatic heterocycles. The van der Waals surface area contributed by atoms with Gasteiger partial charge in [0.05, 0.1) is 23.0 Å². The Morgan fingerprint density at radius 3 is 2.62 bits per heavy atom. The molecule has 0 radical (unpaired) electrons. The van der Waals surface area contributed by atoms with E-state index < -0.39 is 17.2 Å². The van der Waals surface area contributed by atoms with Crippen molar-refractivity contribution in [3.8, 4) is 17.0 Å². The van der Waals surface area contributed by atoms with Crippen LogP contribution in [0.3, 0.4) is 0 Å². The highest BCUT2D eigenvalue weighted by Gasteiger charge is 2.22. The standard InChI is InChI=1S/C27H20F2N6O2/c28-19-8-1-2-10-21(19)35-17(11-15-5-4-9-20(29)22(15)27(35)37)13-34-26-23(25(30)31-14-32-26)24(33-34)16-6-3-7-18(36)12-16/h3-12,14,36H,1-2,13H2,(H2,30,31,32). The second-order valence-electron chi connectivity index (χ2n) is 8.71. The predicted molar refractivity (Wildman–Crippen MR) is 137 cm³/mol. The second kappa shape index (κ2) is 8.66. The number of aromatic hydroxyl groups is 1. The van der Waals surface area contributed by atoms with E-state index in [4.69, 9.17) is 10.8 Å². The van der Waals surface area contributed by atoms with Crippen molar-refractivity contribution in [3.05, 3.63) is 94.7 Å². The fraction of sp³-hybridized carbons (Fsp3) is 0.111. The normalized spacial score (nSPS) is 13.7. The Morgan fingerprint density at radius 2 is 1.81 bits per heavy atom. The quantitative estimate of drug-likeness (QED) is 0.369. The van der Waals surface area contributed by atoms with Crippen LogP contribution in [0.5, 0.6) is 5.75 Å². The van der Waals surface area contributed by atoms with Crippen molar-refractivity contribution in [3.63, 3.8) is 0 Å². The first-order valence-electron chi connectivity index (χ1n) is 11.6. The van der Waals surface area contributed by atoms with Crippen molar-refractivity contribution >= 4 is 33.3 Å². The fourth-order valence-electron chi connectivity index (χ4n) is 4.73. The number of nitrogen functional groups attached to an aromatic ring is 1. The number of phenols is 1. The minimum atomic E-state index is -0.681. The molecular formula is C27H20F2N6O2. The maximum atomic E-state index is 15.0. The Labute approximate surface area is 208 Å². The SMILES string of the molecule is Nc1ncnc2c1c(-c1cccc(O)c1)nn2Cc1cc2cccc(F)c2c(=O)n1C1=CCCC=C1F. The van der Waals surface area contributed by atoms with E-state index in [0.29, 0.717) is 46.2 Å². The molecule has 1 aliphatic carbocycles. The van der Waals surface area contributed by atoms with Crippen LogP contribution in [-0.4, -0.2) is 29.4 Å². The van der Waals surface area contributed by atoms with E-state index in [-0.39, 0.29) is 29.2 Å². The summed E-state index contributed by atoms with van der Waals surface area (Å²) in [5.41, 5.74) is 7.38. The van der Waals surface area contributed by atoms with Gasteiger partial charge in [-0.1, -0.05) is 30.3 Å². The van der Waals surface area contributed by atoms with E-state index >= 15 is 0 Å². The van der Waals surface area contributed by atoms with Crippen molar-refractivity contribution < 1.29 is 13.9 Å². The minimum Gasteiger partial charge on any atom is -0.508 e. The van der Waals surface area contributed by atoms with E-state index in [9.17, 15) is 18.7 Å². The summed E-state index contributed by atoms with van der Waals surface area (Å²) in [4.78, 5) is 22.0. The highest BCUT2D eigenvalue weighted by Crippen LogP contribution is 2.33. The highest BCUT2D eigenvalue weighted by atomic mass is 19.1. The van der Waals surface area contributed by atoms with Crippen LogP contribution in [0.1, 0.15) is 18.5 Å². The van der Waals surface area contributed by atoms with E-state index in [1.165, 1.54) is 39.9 Å². The molecule has 184 valence electrons. The number of phenolic OH excluding ortho intramolecular Hbond substituents is 1. The van der Waals surface area contributed by atoms with E-state index in [2.05, 4.69) is 9.97 Å². The Balaban J connectivity index is 1.61. The van der Waals surface area contributed by atoms with Gasteiger partial charge in [-0.15, -0.1) is 0 Å². The van der Waals surface area contributed by atoms with Gasteiger partial charge in [-0.3, -0.25) is 9.36 Å². The number of nitrogens with two attached hydrogens (primary N) is 1. The molecular weight excluding hydrogens is 478 g/mol. The Bertz CT molecular complexity index is 1840. The number of halogens is 2. The Hall–Kier alpha value is -4.86. The molecule has 0 atom stereocenters. The third kappa shape index (κ3) is 3.74. The largest absolute Gasteiger partial charge is 0.508 e. The van der Waals surface area contributed by atoms with E-state index in [1.54, 1.807) is 36.4 Å². The summed E-state index contributed by atoms with van der Waals surface area (Å²) in [6.07, 6.45) is 5.40. The van der Waals surface area contributed by atoms with Crippen LogP contribution in [0.25, 0.3) is 38.8 Å².